The second-order valence-corrected chi connectivity index (χ2v) is 4.55. The molecule has 1 aromatic rings. The molecule has 1 aliphatic carbocycles. The summed E-state index contributed by atoms with van der Waals surface area (Å²) in [6.07, 6.45) is 1.19. The van der Waals surface area contributed by atoms with Crippen LogP contribution < -0.4 is 5.73 Å². The van der Waals surface area contributed by atoms with Crippen LogP contribution >= 0.6 is 0 Å². The Labute approximate surface area is 103 Å². The lowest BCUT2D eigenvalue weighted by Crippen LogP contribution is -2.58. The van der Waals surface area contributed by atoms with Crippen LogP contribution in [-0.2, 0) is 9.47 Å². The topological polar surface area (TPSA) is 44.5 Å². The number of hydrogen-bond donors (Lipinski definition) is 1. The highest BCUT2D eigenvalue weighted by atomic mass is 16.5. The first-order chi connectivity index (χ1) is 8.22. The van der Waals surface area contributed by atoms with Gasteiger partial charge in [-0.25, -0.2) is 0 Å². The molecule has 4 unspecified atom stereocenters. The third kappa shape index (κ3) is 2.86. The van der Waals surface area contributed by atoms with E-state index in [0.29, 0.717) is 6.61 Å². The molecule has 0 saturated heterocycles. The highest BCUT2D eigenvalue weighted by Crippen LogP contribution is 2.30. The molecule has 0 amide bonds. The average molecular weight is 235 g/mol. The highest BCUT2D eigenvalue weighted by molar-refractivity contribution is 5.17. The number of nitrogens with two attached hydrogens (primary N) is 1. The van der Waals surface area contributed by atoms with Gasteiger partial charge in [-0.05, 0) is 25.8 Å². The van der Waals surface area contributed by atoms with Gasteiger partial charge in [-0.2, -0.15) is 0 Å². The Morgan fingerprint density at radius 3 is 2.65 bits per heavy atom. The van der Waals surface area contributed by atoms with Crippen molar-refractivity contribution < 1.29 is 9.47 Å². The van der Waals surface area contributed by atoms with Crippen LogP contribution in [0.15, 0.2) is 30.3 Å². The molecule has 0 heterocycles. The lowest BCUT2D eigenvalue weighted by Gasteiger charge is -2.42. The van der Waals surface area contributed by atoms with Crippen molar-refractivity contribution in [3.63, 3.8) is 0 Å². The molecular weight excluding hydrogens is 214 g/mol. The van der Waals surface area contributed by atoms with Crippen molar-refractivity contribution in [3.05, 3.63) is 35.9 Å². The molecule has 1 fully saturated rings. The second kappa shape index (κ2) is 5.63. The summed E-state index contributed by atoms with van der Waals surface area (Å²) in [5.41, 5.74) is 7.11. The van der Waals surface area contributed by atoms with Crippen molar-refractivity contribution in [2.45, 2.75) is 44.6 Å². The van der Waals surface area contributed by atoms with Gasteiger partial charge >= 0.3 is 0 Å². The molecule has 1 aliphatic rings. The van der Waals surface area contributed by atoms with E-state index >= 15 is 0 Å². The molecule has 2 N–H and O–H groups in total. The van der Waals surface area contributed by atoms with Crippen molar-refractivity contribution in [1.29, 1.82) is 0 Å². The zero-order chi connectivity index (χ0) is 12.3. The first kappa shape index (κ1) is 12.6. The van der Waals surface area contributed by atoms with Gasteiger partial charge in [0.15, 0.2) is 0 Å². The smallest absolute Gasteiger partial charge is 0.0988 e. The molecule has 94 valence electrons. The fraction of sp³-hybridized carbons (Fsp3) is 0.571. The maximum atomic E-state index is 6.00. The van der Waals surface area contributed by atoms with Crippen LogP contribution in [0.3, 0.4) is 0 Å². The summed E-state index contributed by atoms with van der Waals surface area (Å²) in [4.78, 5) is 0. The standard InChI is InChI=1S/C14H21NO2/c1-3-16-14-12(15)9-13(14)17-10(2)11-7-5-4-6-8-11/h4-8,10,12-14H,3,9,15H2,1-2H3. The van der Waals surface area contributed by atoms with Gasteiger partial charge in [-0.15, -0.1) is 0 Å². The van der Waals surface area contributed by atoms with Gasteiger partial charge in [0.25, 0.3) is 0 Å². The minimum Gasteiger partial charge on any atom is -0.374 e. The average Bonchev–Trinajstić information content (AvgIpc) is 2.36. The zero-order valence-electron chi connectivity index (χ0n) is 10.5. The van der Waals surface area contributed by atoms with Gasteiger partial charge in [-0.3, -0.25) is 0 Å². The molecule has 0 radical (unpaired) electrons. The minimum absolute atomic E-state index is 0.0613. The monoisotopic (exact) mass is 235 g/mol. The van der Waals surface area contributed by atoms with E-state index in [1.807, 2.05) is 25.1 Å². The van der Waals surface area contributed by atoms with E-state index in [1.54, 1.807) is 0 Å². The second-order valence-electron chi connectivity index (χ2n) is 4.55. The summed E-state index contributed by atoms with van der Waals surface area (Å²) < 4.78 is 11.6. The Balaban J connectivity index is 1.89. The van der Waals surface area contributed by atoms with Gasteiger partial charge in [-0.1, -0.05) is 30.3 Å². The largest absolute Gasteiger partial charge is 0.374 e. The van der Waals surface area contributed by atoms with Crippen molar-refractivity contribution in [1.82, 2.24) is 0 Å². The number of hydrogen-bond acceptors (Lipinski definition) is 3. The summed E-state index contributed by atoms with van der Waals surface area (Å²) in [5.74, 6) is 0. The molecule has 4 atom stereocenters. The quantitative estimate of drug-likeness (QED) is 0.851. The Kier molecular flexibility index (Phi) is 4.15. The van der Waals surface area contributed by atoms with E-state index in [1.165, 1.54) is 5.56 Å². The maximum Gasteiger partial charge on any atom is 0.0988 e. The van der Waals surface area contributed by atoms with Gasteiger partial charge in [0.05, 0.1) is 18.3 Å². The van der Waals surface area contributed by atoms with Crippen LogP contribution in [0.1, 0.15) is 31.9 Å². The predicted molar refractivity (Wildman–Crippen MR) is 67.7 cm³/mol. The van der Waals surface area contributed by atoms with E-state index < -0.39 is 0 Å². The van der Waals surface area contributed by atoms with Crippen molar-refractivity contribution in [2.75, 3.05) is 6.61 Å². The Bertz CT molecular complexity index is 341. The fourth-order valence-electron chi connectivity index (χ4n) is 2.24. The molecule has 0 bridgehead atoms. The number of rotatable bonds is 5. The summed E-state index contributed by atoms with van der Waals surface area (Å²) in [7, 11) is 0. The molecule has 1 saturated carbocycles. The van der Waals surface area contributed by atoms with Crippen molar-refractivity contribution in [3.8, 4) is 0 Å². The van der Waals surface area contributed by atoms with Gasteiger partial charge in [0, 0.05) is 12.6 Å². The summed E-state index contributed by atoms with van der Waals surface area (Å²) in [6, 6.07) is 10.4. The van der Waals surface area contributed by atoms with Crippen molar-refractivity contribution in [2.24, 2.45) is 5.73 Å². The van der Waals surface area contributed by atoms with Crippen LogP contribution in [-0.4, -0.2) is 24.9 Å². The molecule has 17 heavy (non-hydrogen) atoms. The van der Waals surface area contributed by atoms with Crippen LogP contribution in [0.2, 0.25) is 0 Å². The third-order valence-electron chi connectivity index (χ3n) is 3.30. The predicted octanol–water partition coefficient (Wildman–Crippen LogP) is 2.27. The van der Waals surface area contributed by atoms with Crippen LogP contribution in [0.4, 0.5) is 0 Å². The van der Waals surface area contributed by atoms with E-state index in [9.17, 15) is 0 Å². The molecule has 0 aliphatic heterocycles. The van der Waals surface area contributed by atoms with Gasteiger partial charge in [0.1, 0.15) is 0 Å². The molecule has 2 rings (SSSR count). The molecular formula is C14H21NO2. The van der Waals surface area contributed by atoms with E-state index in [-0.39, 0.29) is 24.4 Å². The minimum atomic E-state index is 0.0613. The highest BCUT2D eigenvalue weighted by Gasteiger charge is 2.41. The lowest BCUT2D eigenvalue weighted by molar-refractivity contribution is -0.157. The fourth-order valence-corrected chi connectivity index (χ4v) is 2.24. The molecule has 0 spiro atoms. The first-order valence-electron chi connectivity index (χ1n) is 6.30. The third-order valence-corrected chi connectivity index (χ3v) is 3.30. The Morgan fingerprint density at radius 1 is 1.35 bits per heavy atom. The normalized spacial score (nSPS) is 29.7. The molecule has 1 aromatic carbocycles. The SMILES string of the molecule is CCOC1C(N)CC1OC(C)c1ccccc1. The van der Waals surface area contributed by atoms with Gasteiger partial charge in [0.2, 0.25) is 0 Å². The van der Waals surface area contributed by atoms with E-state index in [4.69, 9.17) is 15.2 Å². The maximum absolute atomic E-state index is 6.00. The van der Waals surface area contributed by atoms with E-state index in [2.05, 4.69) is 19.1 Å². The Hall–Kier alpha value is -0.900. The first-order valence-corrected chi connectivity index (χ1v) is 6.30. The number of benzene rings is 1. The Morgan fingerprint density at radius 2 is 2.06 bits per heavy atom. The van der Waals surface area contributed by atoms with Crippen LogP contribution in [0.25, 0.3) is 0 Å². The summed E-state index contributed by atoms with van der Waals surface area (Å²) in [6.45, 7) is 4.75. The molecule has 3 nitrogen and oxygen atoms in total. The van der Waals surface area contributed by atoms with Gasteiger partial charge < -0.3 is 15.2 Å². The van der Waals surface area contributed by atoms with Crippen molar-refractivity contribution >= 4 is 0 Å². The molecule has 3 heteroatoms. The van der Waals surface area contributed by atoms with Crippen LogP contribution in [0, 0.1) is 0 Å². The summed E-state index contributed by atoms with van der Waals surface area (Å²) >= 11 is 0. The number of ether oxygens (including phenoxy) is 2. The summed E-state index contributed by atoms with van der Waals surface area (Å²) in [5, 5.41) is 0. The lowest BCUT2D eigenvalue weighted by atomic mass is 9.86. The molecule has 0 aromatic heterocycles. The van der Waals surface area contributed by atoms with Crippen LogP contribution in [0.5, 0.6) is 0 Å². The van der Waals surface area contributed by atoms with E-state index in [0.717, 1.165) is 6.42 Å². The zero-order valence-corrected chi connectivity index (χ0v) is 10.5.